The SMILES string of the molecule is NCCC(S(=O)CC(=O)NC1CC1)C(F)(F)F. The molecule has 0 aromatic rings. The third kappa shape index (κ3) is 5.03. The number of rotatable bonds is 6. The highest BCUT2D eigenvalue weighted by atomic mass is 32.2. The van der Waals surface area contributed by atoms with E-state index in [4.69, 9.17) is 5.73 Å². The van der Waals surface area contributed by atoms with Crippen LogP contribution in [0.4, 0.5) is 13.2 Å². The van der Waals surface area contributed by atoms with Crippen molar-refractivity contribution in [3.05, 3.63) is 0 Å². The van der Waals surface area contributed by atoms with E-state index in [-0.39, 0.29) is 12.6 Å². The first-order valence-electron chi connectivity index (χ1n) is 5.28. The molecule has 4 nitrogen and oxygen atoms in total. The van der Waals surface area contributed by atoms with Gasteiger partial charge in [-0.2, -0.15) is 13.2 Å². The quantitative estimate of drug-likeness (QED) is 0.730. The van der Waals surface area contributed by atoms with Crippen LogP contribution in [0.25, 0.3) is 0 Å². The van der Waals surface area contributed by atoms with Gasteiger partial charge in [-0.05, 0) is 25.8 Å². The maximum atomic E-state index is 12.5. The van der Waals surface area contributed by atoms with Crippen molar-refractivity contribution in [3.8, 4) is 0 Å². The Morgan fingerprint density at radius 1 is 1.47 bits per heavy atom. The molecule has 0 spiro atoms. The maximum Gasteiger partial charge on any atom is 0.403 e. The van der Waals surface area contributed by atoms with E-state index in [0.29, 0.717) is 0 Å². The molecule has 1 saturated carbocycles. The summed E-state index contributed by atoms with van der Waals surface area (Å²) in [5.74, 6) is -1.20. The van der Waals surface area contributed by atoms with Crippen molar-refractivity contribution in [3.63, 3.8) is 0 Å². The minimum absolute atomic E-state index is 0.0540. The van der Waals surface area contributed by atoms with Crippen molar-refractivity contribution in [1.82, 2.24) is 5.32 Å². The molecule has 1 rings (SSSR count). The molecule has 1 amide bonds. The number of hydrogen-bond donors (Lipinski definition) is 2. The topological polar surface area (TPSA) is 72.2 Å². The molecule has 2 atom stereocenters. The minimum Gasteiger partial charge on any atom is -0.353 e. The van der Waals surface area contributed by atoms with E-state index >= 15 is 0 Å². The van der Waals surface area contributed by atoms with Gasteiger partial charge >= 0.3 is 6.18 Å². The van der Waals surface area contributed by atoms with Gasteiger partial charge in [0.15, 0.2) is 0 Å². The number of amides is 1. The van der Waals surface area contributed by atoms with Crippen molar-refractivity contribution in [2.24, 2.45) is 5.73 Å². The third-order valence-corrected chi connectivity index (χ3v) is 4.01. The summed E-state index contributed by atoms with van der Waals surface area (Å²) >= 11 is 0. The summed E-state index contributed by atoms with van der Waals surface area (Å²) in [7, 11) is -2.26. The predicted octanol–water partition coefficient (Wildman–Crippen LogP) is 0.293. The molecule has 0 aromatic carbocycles. The van der Waals surface area contributed by atoms with E-state index in [1.165, 1.54) is 0 Å². The molecule has 1 fully saturated rings. The molecule has 0 aliphatic heterocycles. The van der Waals surface area contributed by atoms with Gasteiger partial charge in [0.1, 0.15) is 11.0 Å². The van der Waals surface area contributed by atoms with E-state index in [1.54, 1.807) is 0 Å². The van der Waals surface area contributed by atoms with Gasteiger partial charge in [-0.3, -0.25) is 9.00 Å². The summed E-state index contributed by atoms with van der Waals surface area (Å²) < 4.78 is 49.0. The lowest BCUT2D eigenvalue weighted by Gasteiger charge is -2.18. The molecular weight excluding hydrogens is 257 g/mol. The lowest BCUT2D eigenvalue weighted by atomic mass is 10.3. The Kier molecular flexibility index (Phi) is 4.93. The molecule has 8 heteroatoms. The van der Waals surface area contributed by atoms with Crippen LogP contribution in [0.15, 0.2) is 0 Å². The van der Waals surface area contributed by atoms with E-state index in [9.17, 15) is 22.2 Å². The van der Waals surface area contributed by atoms with Crippen LogP contribution in [-0.2, 0) is 15.6 Å². The highest BCUT2D eigenvalue weighted by molar-refractivity contribution is 7.86. The number of hydrogen-bond acceptors (Lipinski definition) is 3. The fourth-order valence-electron chi connectivity index (χ4n) is 1.32. The van der Waals surface area contributed by atoms with Gasteiger partial charge in [-0.1, -0.05) is 0 Å². The molecule has 100 valence electrons. The van der Waals surface area contributed by atoms with Crippen molar-refractivity contribution < 1.29 is 22.2 Å². The number of halogens is 3. The van der Waals surface area contributed by atoms with Gasteiger partial charge in [0, 0.05) is 16.8 Å². The molecule has 0 heterocycles. The summed E-state index contributed by atoms with van der Waals surface area (Å²) in [6.07, 6.45) is -3.33. The maximum absolute atomic E-state index is 12.5. The number of nitrogens with two attached hydrogens (primary N) is 1. The second-order valence-corrected chi connectivity index (χ2v) is 5.59. The van der Waals surface area contributed by atoms with Crippen LogP contribution in [0.5, 0.6) is 0 Å². The summed E-state index contributed by atoms with van der Waals surface area (Å²) in [6, 6.07) is 0.0540. The molecule has 1 aliphatic carbocycles. The van der Waals surface area contributed by atoms with E-state index in [0.717, 1.165) is 12.8 Å². The molecule has 1 aliphatic rings. The second kappa shape index (κ2) is 5.81. The molecule has 0 radical (unpaired) electrons. The third-order valence-electron chi connectivity index (χ3n) is 2.33. The number of carbonyl (C=O) groups is 1. The monoisotopic (exact) mass is 272 g/mol. The van der Waals surface area contributed by atoms with Crippen LogP contribution in [0.3, 0.4) is 0 Å². The smallest absolute Gasteiger partial charge is 0.353 e. The molecule has 0 bridgehead atoms. The van der Waals surface area contributed by atoms with Crippen LogP contribution < -0.4 is 11.1 Å². The number of alkyl halides is 3. The van der Waals surface area contributed by atoms with Crippen molar-refractivity contribution >= 4 is 16.7 Å². The Labute approximate surface area is 99.6 Å². The molecule has 2 unspecified atom stereocenters. The summed E-state index contributed by atoms with van der Waals surface area (Å²) in [6.45, 7) is -0.208. The van der Waals surface area contributed by atoms with Crippen LogP contribution >= 0.6 is 0 Å². The van der Waals surface area contributed by atoms with Crippen LogP contribution in [-0.4, -0.2) is 39.9 Å². The summed E-state index contributed by atoms with van der Waals surface area (Å²) in [5.41, 5.74) is 5.05. The lowest BCUT2D eigenvalue weighted by molar-refractivity contribution is -0.130. The normalized spacial score (nSPS) is 19.8. The van der Waals surface area contributed by atoms with Gasteiger partial charge in [-0.25, -0.2) is 0 Å². The van der Waals surface area contributed by atoms with Crippen LogP contribution in [0, 0.1) is 0 Å². The minimum atomic E-state index is -4.58. The molecule has 0 aromatic heterocycles. The molecule has 0 saturated heterocycles. The highest BCUT2D eigenvalue weighted by Gasteiger charge is 2.43. The van der Waals surface area contributed by atoms with Crippen LogP contribution in [0.1, 0.15) is 19.3 Å². The highest BCUT2D eigenvalue weighted by Crippen LogP contribution is 2.27. The van der Waals surface area contributed by atoms with Gasteiger partial charge in [0.25, 0.3) is 0 Å². The summed E-state index contributed by atoms with van der Waals surface area (Å²) in [5, 5.41) is 0.486. The van der Waals surface area contributed by atoms with E-state index in [2.05, 4.69) is 5.32 Å². The first-order valence-corrected chi connectivity index (χ1v) is 6.66. The zero-order chi connectivity index (χ0) is 13.1. The Bertz CT molecular complexity index is 305. The molecule has 3 N–H and O–H groups in total. The molecular formula is C9H15F3N2O2S. The van der Waals surface area contributed by atoms with Gasteiger partial charge in [0.2, 0.25) is 5.91 Å². The van der Waals surface area contributed by atoms with Gasteiger partial charge in [-0.15, -0.1) is 0 Å². The first-order chi connectivity index (χ1) is 7.84. The van der Waals surface area contributed by atoms with E-state index in [1.807, 2.05) is 0 Å². The standard InChI is InChI=1S/C9H15F3N2O2S/c10-9(11,12)7(3-4-13)17(16)5-8(15)14-6-1-2-6/h6-7H,1-5,13H2,(H,14,15). The van der Waals surface area contributed by atoms with Gasteiger partial charge in [0.05, 0.1) is 0 Å². The average Bonchev–Trinajstić information content (AvgIpc) is 2.95. The Balaban J connectivity index is 2.48. The van der Waals surface area contributed by atoms with Crippen molar-refractivity contribution in [2.75, 3.05) is 12.3 Å². The Morgan fingerprint density at radius 2 is 2.06 bits per heavy atom. The van der Waals surface area contributed by atoms with Gasteiger partial charge < -0.3 is 11.1 Å². The fraction of sp³-hybridized carbons (Fsp3) is 0.889. The van der Waals surface area contributed by atoms with Crippen molar-refractivity contribution in [1.29, 1.82) is 0 Å². The van der Waals surface area contributed by atoms with Crippen molar-refractivity contribution in [2.45, 2.75) is 36.7 Å². The summed E-state index contributed by atoms with van der Waals surface area (Å²) in [4.78, 5) is 11.2. The zero-order valence-electron chi connectivity index (χ0n) is 9.13. The predicted molar refractivity (Wildman–Crippen MR) is 57.7 cm³/mol. The van der Waals surface area contributed by atoms with Crippen LogP contribution in [0.2, 0.25) is 0 Å². The Hall–Kier alpha value is -0.630. The zero-order valence-corrected chi connectivity index (χ0v) is 9.94. The number of carbonyl (C=O) groups excluding carboxylic acids is 1. The number of nitrogens with one attached hydrogen (secondary N) is 1. The first kappa shape index (κ1) is 14.4. The Morgan fingerprint density at radius 3 is 2.47 bits per heavy atom. The lowest BCUT2D eigenvalue weighted by Crippen LogP contribution is -2.40. The van der Waals surface area contributed by atoms with E-state index < -0.39 is 40.3 Å². The average molecular weight is 272 g/mol. The molecule has 17 heavy (non-hydrogen) atoms. The fourth-order valence-corrected chi connectivity index (χ4v) is 2.56. The second-order valence-electron chi connectivity index (χ2n) is 3.97. The largest absolute Gasteiger partial charge is 0.403 e.